The van der Waals surface area contributed by atoms with Crippen LogP contribution in [0.25, 0.3) is 0 Å². The molecule has 1 fully saturated rings. The number of hydrogen-bond donors (Lipinski definition) is 2. The van der Waals surface area contributed by atoms with Crippen molar-refractivity contribution in [3.8, 4) is 0 Å². The number of anilines is 1. The zero-order valence-corrected chi connectivity index (χ0v) is 22.5. The van der Waals surface area contributed by atoms with E-state index in [0.29, 0.717) is 13.2 Å². The van der Waals surface area contributed by atoms with Crippen molar-refractivity contribution in [2.75, 3.05) is 31.2 Å². The van der Waals surface area contributed by atoms with Gasteiger partial charge in [-0.3, -0.25) is 0 Å². The van der Waals surface area contributed by atoms with E-state index in [-0.39, 0.29) is 10.9 Å². The molecule has 0 saturated carbocycles. The lowest BCUT2D eigenvalue weighted by molar-refractivity contribution is 0.122. The monoisotopic (exact) mass is 495 g/mol. The van der Waals surface area contributed by atoms with Gasteiger partial charge in [0, 0.05) is 24.8 Å². The molecule has 34 heavy (non-hydrogen) atoms. The van der Waals surface area contributed by atoms with Crippen molar-refractivity contribution >= 4 is 15.7 Å². The Kier molecular flexibility index (Phi) is 13.5. The van der Waals surface area contributed by atoms with Gasteiger partial charge in [-0.1, -0.05) is 77.6 Å². The maximum atomic E-state index is 12.1. The van der Waals surface area contributed by atoms with Crippen molar-refractivity contribution in [1.29, 1.82) is 0 Å². The number of primary sulfonamides is 1. The summed E-state index contributed by atoms with van der Waals surface area (Å²) in [5.41, 5.74) is 9.38. The van der Waals surface area contributed by atoms with Gasteiger partial charge < -0.3 is 15.4 Å². The van der Waals surface area contributed by atoms with Crippen molar-refractivity contribution in [1.82, 2.24) is 0 Å². The van der Waals surface area contributed by atoms with Crippen LogP contribution in [0.15, 0.2) is 17.0 Å². The number of nitrogens with two attached hydrogens (primary N) is 2. The molecule has 7 heteroatoms. The van der Waals surface area contributed by atoms with E-state index in [1.54, 1.807) is 6.07 Å². The highest BCUT2D eigenvalue weighted by Gasteiger charge is 2.21. The Morgan fingerprint density at radius 3 is 2.03 bits per heavy atom. The van der Waals surface area contributed by atoms with E-state index >= 15 is 0 Å². The summed E-state index contributed by atoms with van der Waals surface area (Å²) in [5.74, 6) is 0. The molecule has 1 aliphatic rings. The van der Waals surface area contributed by atoms with Crippen LogP contribution in [0.3, 0.4) is 0 Å². The van der Waals surface area contributed by atoms with E-state index in [4.69, 9.17) is 15.6 Å². The standard InChI is InChI=1S/C27H49N3O3S/c1-3-4-5-6-7-8-9-10-11-12-13-14-24(28)15-16-25-23(2)27(34(29,31)32)18-17-26(25)30-19-21-33-22-20-30/h17-18,24H,3-16,19-22,28H2,1-2H3,(H2,29,31,32). The second-order valence-corrected chi connectivity index (χ2v) is 11.5. The minimum atomic E-state index is -3.75. The first-order valence-corrected chi connectivity index (χ1v) is 15.1. The fourth-order valence-corrected chi connectivity index (χ4v) is 5.80. The van der Waals surface area contributed by atoms with Gasteiger partial charge in [0.05, 0.1) is 18.1 Å². The summed E-state index contributed by atoms with van der Waals surface area (Å²) in [7, 11) is -3.75. The van der Waals surface area contributed by atoms with Crippen LogP contribution in [0.1, 0.15) is 102 Å². The number of rotatable bonds is 17. The van der Waals surface area contributed by atoms with Crippen LogP contribution in [0.5, 0.6) is 0 Å². The Bertz CT molecular complexity index is 808. The number of nitrogens with zero attached hydrogens (tertiary/aromatic N) is 1. The third kappa shape index (κ3) is 10.2. The highest BCUT2D eigenvalue weighted by Crippen LogP contribution is 2.30. The van der Waals surface area contributed by atoms with Crippen LogP contribution < -0.4 is 15.8 Å². The van der Waals surface area contributed by atoms with Crippen molar-refractivity contribution in [2.24, 2.45) is 10.9 Å². The summed E-state index contributed by atoms with van der Waals surface area (Å²) in [6.45, 7) is 7.13. The molecule has 1 heterocycles. The fraction of sp³-hybridized carbons (Fsp3) is 0.778. The van der Waals surface area contributed by atoms with Crippen molar-refractivity contribution in [3.05, 3.63) is 23.3 Å². The maximum Gasteiger partial charge on any atom is 0.238 e. The molecular formula is C27H49N3O3S. The molecule has 0 amide bonds. The van der Waals surface area contributed by atoms with Crippen LogP contribution in [-0.2, 0) is 21.2 Å². The zero-order chi connectivity index (χ0) is 24.8. The number of ether oxygens (including phenoxy) is 1. The van der Waals surface area contributed by atoms with Gasteiger partial charge in [-0.2, -0.15) is 0 Å². The first kappa shape index (κ1) is 29.1. The smallest absolute Gasteiger partial charge is 0.238 e. The summed E-state index contributed by atoms with van der Waals surface area (Å²) in [6.07, 6.45) is 17.3. The van der Waals surface area contributed by atoms with E-state index < -0.39 is 10.0 Å². The van der Waals surface area contributed by atoms with Crippen LogP contribution in [0.2, 0.25) is 0 Å². The third-order valence-electron chi connectivity index (χ3n) is 7.13. The zero-order valence-electron chi connectivity index (χ0n) is 21.7. The predicted molar refractivity (Wildman–Crippen MR) is 143 cm³/mol. The molecule has 1 atom stereocenters. The van der Waals surface area contributed by atoms with Gasteiger partial charge in [0.15, 0.2) is 0 Å². The molecule has 6 nitrogen and oxygen atoms in total. The maximum absolute atomic E-state index is 12.1. The summed E-state index contributed by atoms with van der Waals surface area (Å²) in [4.78, 5) is 2.51. The quantitative estimate of drug-likeness (QED) is 0.280. The predicted octanol–water partition coefficient (Wildman–Crippen LogP) is 5.44. The summed E-state index contributed by atoms with van der Waals surface area (Å²) < 4.78 is 29.7. The summed E-state index contributed by atoms with van der Waals surface area (Å²) >= 11 is 0. The molecule has 0 radical (unpaired) electrons. The molecule has 4 N–H and O–H groups in total. The number of hydrogen-bond acceptors (Lipinski definition) is 5. The Morgan fingerprint density at radius 1 is 0.912 bits per heavy atom. The SMILES string of the molecule is CCCCCCCCCCCCCC(N)CCc1c(N2CCOCC2)ccc(S(N)(=O)=O)c1C. The van der Waals surface area contributed by atoms with Gasteiger partial charge in [-0.05, 0) is 49.4 Å². The molecule has 0 aromatic heterocycles. The third-order valence-corrected chi connectivity index (χ3v) is 8.18. The Balaban J connectivity index is 1.77. The van der Waals surface area contributed by atoms with E-state index in [2.05, 4.69) is 11.8 Å². The number of sulfonamides is 1. The highest BCUT2D eigenvalue weighted by molar-refractivity contribution is 7.89. The fourth-order valence-electron chi connectivity index (χ4n) is 4.99. The van der Waals surface area contributed by atoms with Gasteiger partial charge >= 0.3 is 0 Å². The Hall–Kier alpha value is -1.15. The first-order valence-electron chi connectivity index (χ1n) is 13.6. The minimum Gasteiger partial charge on any atom is -0.378 e. The highest BCUT2D eigenvalue weighted by atomic mass is 32.2. The lowest BCUT2D eigenvalue weighted by Gasteiger charge is -2.32. The minimum absolute atomic E-state index is 0.133. The van der Waals surface area contributed by atoms with E-state index in [0.717, 1.165) is 49.2 Å². The van der Waals surface area contributed by atoms with E-state index in [1.165, 1.54) is 70.6 Å². The Morgan fingerprint density at radius 2 is 1.47 bits per heavy atom. The summed E-state index contributed by atoms with van der Waals surface area (Å²) in [6, 6.07) is 3.68. The number of unbranched alkanes of at least 4 members (excludes halogenated alkanes) is 10. The topological polar surface area (TPSA) is 98.6 Å². The second kappa shape index (κ2) is 15.8. The van der Waals surface area contributed by atoms with Crippen molar-refractivity contribution < 1.29 is 13.2 Å². The normalized spacial score (nSPS) is 15.6. The molecule has 1 aromatic carbocycles. The van der Waals surface area contributed by atoms with Gasteiger partial charge in [-0.25, -0.2) is 13.6 Å². The largest absolute Gasteiger partial charge is 0.378 e. The lowest BCUT2D eigenvalue weighted by atomic mass is 9.96. The molecule has 1 unspecified atom stereocenters. The number of morpholine rings is 1. The average Bonchev–Trinajstić information content (AvgIpc) is 2.81. The van der Waals surface area contributed by atoms with Gasteiger partial charge in [0.25, 0.3) is 0 Å². The molecule has 2 rings (SSSR count). The van der Waals surface area contributed by atoms with Gasteiger partial charge in [-0.15, -0.1) is 0 Å². The lowest BCUT2D eigenvalue weighted by Crippen LogP contribution is -2.37. The van der Waals surface area contributed by atoms with Gasteiger partial charge in [0.2, 0.25) is 10.0 Å². The van der Waals surface area contributed by atoms with E-state index in [9.17, 15) is 8.42 Å². The average molecular weight is 496 g/mol. The molecule has 0 bridgehead atoms. The molecule has 0 aliphatic carbocycles. The van der Waals surface area contributed by atoms with Gasteiger partial charge in [0.1, 0.15) is 0 Å². The molecule has 196 valence electrons. The molecule has 1 aliphatic heterocycles. The Labute approximate surface area is 208 Å². The van der Waals surface area contributed by atoms with Crippen LogP contribution >= 0.6 is 0 Å². The molecular weight excluding hydrogens is 446 g/mol. The number of benzene rings is 1. The van der Waals surface area contributed by atoms with Crippen LogP contribution in [0, 0.1) is 6.92 Å². The van der Waals surface area contributed by atoms with Crippen LogP contribution in [0.4, 0.5) is 5.69 Å². The molecule has 0 spiro atoms. The van der Waals surface area contributed by atoms with E-state index in [1.807, 2.05) is 13.0 Å². The van der Waals surface area contributed by atoms with Crippen molar-refractivity contribution in [3.63, 3.8) is 0 Å². The summed E-state index contributed by atoms with van der Waals surface area (Å²) in [5, 5.41) is 5.48. The molecule has 1 aromatic rings. The van der Waals surface area contributed by atoms with Crippen molar-refractivity contribution in [2.45, 2.75) is 115 Å². The second-order valence-electron chi connectivity index (χ2n) is 9.95. The first-order chi connectivity index (χ1) is 16.3. The molecule has 1 saturated heterocycles. The van der Waals surface area contributed by atoms with Crippen LogP contribution in [-0.4, -0.2) is 40.8 Å².